The van der Waals surface area contributed by atoms with Gasteiger partial charge >= 0.3 is 0 Å². The number of hydrogen-bond donors (Lipinski definition) is 1. The van der Waals surface area contributed by atoms with Crippen molar-refractivity contribution >= 4 is 61.1 Å². The molecule has 0 radical (unpaired) electrons. The molecule has 3 heteroatoms. The third-order valence-corrected chi connectivity index (χ3v) is 17.5. The molecule has 0 amide bonds. The number of hydrogen-bond acceptors (Lipinski definition) is 2. The van der Waals surface area contributed by atoms with Crippen LogP contribution in [0, 0.1) is 6.92 Å². The summed E-state index contributed by atoms with van der Waals surface area (Å²) < 4.78 is 2.67. The molecule has 0 bridgehead atoms. The Morgan fingerprint density at radius 2 is 1.24 bits per heavy atom. The van der Waals surface area contributed by atoms with Gasteiger partial charge in [0.15, 0.2) is 7.28 Å². The van der Waals surface area contributed by atoms with Gasteiger partial charge in [-0.25, -0.2) is 0 Å². The van der Waals surface area contributed by atoms with E-state index in [4.69, 9.17) is 0 Å². The molecule has 0 fully saturated rings. The molecule has 1 nitrogen and oxygen atoms in total. The number of fused-ring (bicyclic) bond motifs is 13. The van der Waals surface area contributed by atoms with Crippen molar-refractivity contribution in [3.8, 4) is 22.3 Å². The van der Waals surface area contributed by atoms with Crippen LogP contribution in [0.25, 0.3) is 42.4 Å². The maximum atomic E-state index is 4.13. The fourth-order valence-corrected chi connectivity index (χ4v) is 13.9. The molecule has 8 aromatic carbocycles. The molecular formula is C64H60BNS. The van der Waals surface area contributed by atoms with E-state index in [1.54, 1.807) is 0 Å². The van der Waals surface area contributed by atoms with Gasteiger partial charge in [0.1, 0.15) is 0 Å². The summed E-state index contributed by atoms with van der Waals surface area (Å²) in [6, 6.07) is 61.2. The zero-order chi connectivity index (χ0) is 45.7. The molecule has 67 heavy (non-hydrogen) atoms. The molecule has 1 spiro atoms. The largest absolute Gasteiger partial charge is 0.355 e. The van der Waals surface area contributed by atoms with Gasteiger partial charge in [-0.3, -0.25) is 0 Å². The Balaban J connectivity index is 1.06. The van der Waals surface area contributed by atoms with Crippen molar-refractivity contribution in [1.82, 2.24) is 0 Å². The number of anilines is 2. The third kappa shape index (κ3) is 6.70. The predicted molar refractivity (Wildman–Crippen MR) is 291 cm³/mol. The van der Waals surface area contributed by atoms with Crippen molar-refractivity contribution in [2.24, 2.45) is 0 Å². The lowest BCUT2D eigenvalue weighted by molar-refractivity contribution is 0.332. The minimum absolute atomic E-state index is 0.118. The second-order valence-electron chi connectivity index (χ2n) is 21.3. The van der Waals surface area contributed by atoms with E-state index in [-0.39, 0.29) is 16.2 Å². The summed E-state index contributed by atoms with van der Waals surface area (Å²) in [6.45, 7) is 14.4. The number of thiophene rings is 1. The Morgan fingerprint density at radius 1 is 0.552 bits per heavy atom. The van der Waals surface area contributed by atoms with Crippen molar-refractivity contribution in [1.29, 1.82) is 0 Å². The number of rotatable bonds is 9. The first-order valence-electron chi connectivity index (χ1n) is 24.9. The smallest absolute Gasteiger partial charge is 0.193 e. The lowest BCUT2D eigenvalue weighted by Gasteiger charge is -2.42. The highest BCUT2D eigenvalue weighted by Crippen LogP contribution is 2.59. The quantitative estimate of drug-likeness (QED) is 0.112. The van der Waals surface area contributed by atoms with Gasteiger partial charge in [0.05, 0.1) is 5.41 Å². The van der Waals surface area contributed by atoms with Crippen LogP contribution in [0.5, 0.6) is 0 Å². The van der Waals surface area contributed by atoms with Crippen LogP contribution in [0.3, 0.4) is 0 Å². The molecule has 1 N–H and O–H groups in total. The van der Waals surface area contributed by atoms with Crippen LogP contribution in [0.1, 0.15) is 122 Å². The van der Waals surface area contributed by atoms with Gasteiger partial charge in [0, 0.05) is 37.1 Å². The van der Waals surface area contributed by atoms with E-state index in [2.05, 4.69) is 205 Å². The maximum absolute atomic E-state index is 4.13. The van der Waals surface area contributed by atoms with Crippen LogP contribution in [-0.4, -0.2) is 7.28 Å². The SMILES string of the molecule is CCCCCc1cc(C)c(Bc2cccc3c2Cc2ccccc2C32c3ccccc3-c3ccccc32)c(-c2cc3sc4ccccc4c3cc2Nc2ccc3c(c2)C(C)(C)CCC3(C)C)c1. The molecule has 1 aromatic heterocycles. The predicted octanol–water partition coefficient (Wildman–Crippen LogP) is 15.5. The normalized spacial score (nSPS) is 15.7. The second-order valence-corrected chi connectivity index (χ2v) is 22.4. The van der Waals surface area contributed by atoms with Gasteiger partial charge in [-0.15, -0.1) is 11.3 Å². The zero-order valence-corrected chi connectivity index (χ0v) is 40.9. The van der Waals surface area contributed by atoms with Crippen molar-refractivity contribution in [3.05, 3.63) is 213 Å². The summed E-state index contributed by atoms with van der Waals surface area (Å²) >= 11 is 1.92. The summed E-state index contributed by atoms with van der Waals surface area (Å²) in [6.07, 6.45) is 8.07. The van der Waals surface area contributed by atoms with Crippen molar-refractivity contribution in [3.63, 3.8) is 0 Å². The van der Waals surface area contributed by atoms with Crippen LogP contribution in [0.2, 0.25) is 0 Å². The molecule has 0 saturated heterocycles. The maximum Gasteiger partial charge on any atom is 0.193 e. The van der Waals surface area contributed by atoms with Crippen molar-refractivity contribution < 1.29 is 0 Å². The lowest BCUT2D eigenvalue weighted by Crippen LogP contribution is -2.40. The fourth-order valence-electron chi connectivity index (χ4n) is 12.8. The highest BCUT2D eigenvalue weighted by Gasteiger charge is 2.50. The molecule has 0 saturated carbocycles. The second kappa shape index (κ2) is 16.0. The summed E-state index contributed by atoms with van der Waals surface area (Å²) in [7, 11) is 0.854. The first-order valence-corrected chi connectivity index (χ1v) is 25.8. The average molecular weight is 886 g/mol. The highest BCUT2D eigenvalue weighted by molar-refractivity contribution is 7.25. The average Bonchev–Trinajstić information content (AvgIpc) is 3.84. The summed E-state index contributed by atoms with van der Waals surface area (Å²) in [5.41, 5.74) is 24.8. The zero-order valence-electron chi connectivity index (χ0n) is 40.1. The van der Waals surface area contributed by atoms with Crippen molar-refractivity contribution in [2.75, 3.05) is 5.32 Å². The van der Waals surface area contributed by atoms with E-state index in [0.29, 0.717) is 0 Å². The lowest BCUT2D eigenvalue weighted by atomic mass is 9.54. The van der Waals surface area contributed by atoms with E-state index < -0.39 is 0 Å². The Morgan fingerprint density at radius 3 is 2.01 bits per heavy atom. The Bertz CT molecular complexity index is 3390. The molecule has 330 valence electrons. The van der Waals surface area contributed by atoms with Gasteiger partial charge in [-0.05, 0) is 147 Å². The van der Waals surface area contributed by atoms with Crippen LogP contribution in [-0.2, 0) is 29.1 Å². The Kier molecular flexibility index (Phi) is 10.1. The first-order chi connectivity index (χ1) is 32.5. The monoisotopic (exact) mass is 885 g/mol. The molecule has 9 aromatic rings. The molecule has 3 aliphatic carbocycles. The minimum Gasteiger partial charge on any atom is -0.355 e. The van der Waals surface area contributed by atoms with Crippen LogP contribution in [0.4, 0.5) is 11.4 Å². The summed E-state index contributed by atoms with van der Waals surface area (Å²) in [5, 5.41) is 6.78. The van der Waals surface area contributed by atoms with Gasteiger partial charge in [-0.1, -0.05) is 191 Å². The topological polar surface area (TPSA) is 12.0 Å². The van der Waals surface area contributed by atoms with E-state index in [1.807, 2.05) is 11.3 Å². The van der Waals surface area contributed by atoms with Gasteiger partial charge in [0.2, 0.25) is 0 Å². The molecule has 0 atom stereocenters. The van der Waals surface area contributed by atoms with Crippen molar-refractivity contribution in [2.45, 2.75) is 103 Å². The first kappa shape index (κ1) is 42.2. The van der Waals surface area contributed by atoms with Crippen LogP contribution < -0.4 is 16.2 Å². The van der Waals surface area contributed by atoms with Gasteiger partial charge in [0.25, 0.3) is 0 Å². The molecule has 0 aliphatic heterocycles. The number of benzene rings is 8. The number of unbranched alkanes of at least 4 members (excludes halogenated alkanes) is 2. The van der Waals surface area contributed by atoms with E-state index in [9.17, 15) is 0 Å². The third-order valence-electron chi connectivity index (χ3n) is 16.3. The summed E-state index contributed by atoms with van der Waals surface area (Å²) in [5.74, 6) is 0. The van der Waals surface area contributed by atoms with E-state index in [0.717, 1.165) is 20.1 Å². The fraction of sp³-hybridized carbons (Fsp3) is 0.250. The standard InChI is InChI=1S/C64H60BNS/c1-7-8-9-19-41-34-40(2)61(65-57-28-18-27-54-50(57)36-42-20-10-14-24-51(42)64(54)52-25-15-11-21-44(52)45-22-12-16-26-53(45)64)49(35-41)47-39-60-48(46-23-13-17-29-59(46)67-60)38-58(47)66-43-30-31-55-56(37-43)63(5,6)33-32-62(55,3)4/h10-18,20-31,34-35,37-39,65-66H,7-9,19,32-33,36H2,1-6H3. The number of aryl methyl sites for hydroxylation is 2. The Hall–Kier alpha value is -6.16. The summed E-state index contributed by atoms with van der Waals surface area (Å²) in [4.78, 5) is 0. The Labute approximate surface area is 402 Å². The van der Waals surface area contributed by atoms with Crippen LogP contribution >= 0.6 is 11.3 Å². The van der Waals surface area contributed by atoms with E-state index >= 15 is 0 Å². The molecule has 1 heterocycles. The van der Waals surface area contributed by atoms with E-state index in [1.165, 1.54) is 152 Å². The molecular weight excluding hydrogens is 826 g/mol. The number of nitrogens with one attached hydrogen (secondary N) is 1. The van der Waals surface area contributed by atoms with Crippen LogP contribution in [0.15, 0.2) is 158 Å². The molecule has 0 unspecified atom stereocenters. The molecule has 12 rings (SSSR count). The van der Waals surface area contributed by atoms with Gasteiger partial charge < -0.3 is 5.32 Å². The highest BCUT2D eigenvalue weighted by atomic mass is 32.1. The van der Waals surface area contributed by atoms with Gasteiger partial charge in [-0.2, -0.15) is 0 Å². The minimum atomic E-state index is -0.379. The molecule has 3 aliphatic rings.